The fourth-order valence-electron chi connectivity index (χ4n) is 1.51. The monoisotopic (exact) mass is 213 g/mol. The first-order valence-corrected chi connectivity index (χ1v) is 5.35. The van der Waals surface area contributed by atoms with Crippen LogP contribution in [0.3, 0.4) is 0 Å². The average Bonchev–Trinajstić information content (AvgIpc) is 2.29. The van der Waals surface area contributed by atoms with Crippen LogP contribution in [0, 0.1) is 0 Å². The van der Waals surface area contributed by atoms with Crippen LogP contribution in [-0.2, 0) is 0 Å². The molecule has 3 heteroatoms. The molecule has 1 aromatic carbocycles. The quantitative estimate of drug-likeness (QED) is 0.780. The Morgan fingerprint density at radius 1 is 1.19 bits per heavy atom. The molecule has 0 fully saturated rings. The number of nitrogen functional groups attached to an aromatic ring is 1. The summed E-state index contributed by atoms with van der Waals surface area (Å²) in [4.78, 5) is 8.76. The van der Waals surface area contributed by atoms with E-state index in [9.17, 15) is 0 Å². The van der Waals surface area contributed by atoms with Crippen molar-refractivity contribution < 1.29 is 0 Å². The van der Waals surface area contributed by atoms with E-state index in [0.29, 0.717) is 5.92 Å². The first kappa shape index (κ1) is 10.6. The van der Waals surface area contributed by atoms with Gasteiger partial charge < -0.3 is 5.73 Å². The van der Waals surface area contributed by atoms with E-state index < -0.39 is 0 Å². The van der Waals surface area contributed by atoms with Crippen molar-refractivity contribution in [2.75, 3.05) is 5.73 Å². The zero-order chi connectivity index (χ0) is 11.5. The number of anilines is 1. The van der Waals surface area contributed by atoms with Gasteiger partial charge in [0.1, 0.15) is 5.82 Å². The van der Waals surface area contributed by atoms with Gasteiger partial charge in [0, 0.05) is 23.4 Å². The highest BCUT2D eigenvalue weighted by molar-refractivity contribution is 5.63. The second kappa shape index (κ2) is 4.31. The van der Waals surface area contributed by atoms with Gasteiger partial charge in [-0.15, -0.1) is 0 Å². The molecular weight excluding hydrogens is 198 g/mol. The second-order valence-electron chi connectivity index (χ2n) is 4.08. The van der Waals surface area contributed by atoms with Gasteiger partial charge in [0.15, 0.2) is 0 Å². The van der Waals surface area contributed by atoms with E-state index in [-0.39, 0.29) is 0 Å². The van der Waals surface area contributed by atoms with E-state index in [1.54, 1.807) is 6.20 Å². The van der Waals surface area contributed by atoms with Crippen LogP contribution in [0.15, 0.2) is 36.5 Å². The summed E-state index contributed by atoms with van der Waals surface area (Å²) in [6.07, 6.45) is 1.79. The lowest BCUT2D eigenvalue weighted by Crippen LogP contribution is -1.98. The van der Waals surface area contributed by atoms with Crippen LogP contribution in [0.2, 0.25) is 0 Å². The maximum Gasteiger partial charge on any atom is 0.131 e. The van der Waals surface area contributed by atoms with Crippen LogP contribution in [-0.4, -0.2) is 9.97 Å². The van der Waals surface area contributed by atoms with Crippen molar-refractivity contribution in [2.24, 2.45) is 0 Å². The Bertz CT molecular complexity index is 492. The molecule has 2 N–H and O–H groups in total. The summed E-state index contributed by atoms with van der Waals surface area (Å²) < 4.78 is 0. The highest BCUT2D eigenvalue weighted by Gasteiger charge is 2.05. The number of nitrogens with two attached hydrogens (primary N) is 1. The van der Waals surface area contributed by atoms with Gasteiger partial charge >= 0.3 is 0 Å². The number of hydrogen-bond donors (Lipinski definition) is 1. The van der Waals surface area contributed by atoms with Gasteiger partial charge in [-0.05, 0) is 18.2 Å². The third-order valence-corrected chi connectivity index (χ3v) is 2.37. The van der Waals surface area contributed by atoms with Crippen LogP contribution in [0.1, 0.15) is 25.6 Å². The van der Waals surface area contributed by atoms with Gasteiger partial charge in [-0.25, -0.2) is 9.97 Å². The van der Waals surface area contributed by atoms with Crippen molar-refractivity contribution in [1.29, 1.82) is 0 Å². The minimum Gasteiger partial charge on any atom is -0.399 e. The van der Waals surface area contributed by atoms with Gasteiger partial charge in [0.2, 0.25) is 0 Å². The SMILES string of the molecule is CC(C)c1nccc(-c2cccc(N)c2)n1. The first-order valence-electron chi connectivity index (χ1n) is 5.35. The summed E-state index contributed by atoms with van der Waals surface area (Å²) in [6.45, 7) is 4.16. The largest absolute Gasteiger partial charge is 0.399 e. The molecule has 0 aliphatic rings. The van der Waals surface area contributed by atoms with Crippen molar-refractivity contribution in [3.05, 3.63) is 42.4 Å². The van der Waals surface area contributed by atoms with Crippen LogP contribution >= 0.6 is 0 Å². The zero-order valence-corrected chi connectivity index (χ0v) is 9.51. The van der Waals surface area contributed by atoms with Crippen LogP contribution in [0.5, 0.6) is 0 Å². The molecule has 2 aromatic rings. The van der Waals surface area contributed by atoms with Crippen molar-refractivity contribution in [2.45, 2.75) is 19.8 Å². The molecule has 2 rings (SSSR count). The van der Waals surface area contributed by atoms with E-state index in [0.717, 1.165) is 22.8 Å². The molecule has 16 heavy (non-hydrogen) atoms. The molecular formula is C13H15N3. The Hall–Kier alpha value is -1.90. The molecule has 0 saturated carbocycles. The molecule has 1 heterocycles. The Labute approximate surface area is 95.4 Å². The fourth-order valence-corrected chi connectivity index (χ4v) is 1.51. The average molecular weight is 213 g/mol. The Morgan fingerprint density at radius 2 is 2.00 bits per heavy atom. The summed E-state index contributed by atoms with van der Waals surface area (Å²) in [5.41, 5.74) is 8.46. The first-order chi connectivity index (χ1) is 7.66. The van der Waals surface area contributed by atoms with E-state index >= 15 is 0 Å². The van der Waals surface area contributed by atoms with E-state index in [2.05, 4.69) is 23.8 Å². The highest BCUT2D eigenvalue weighted by Crippen LogP contribution is 2.20. The normalized spacial score (nSPS) is 10.7. The summed E-state index contributed by atoms with van der Waals surface area (Å²) >= 11 is 0. The molecule has 0 radical (unpaired) electrons. The third kappa shape index (κ3) is 2.19. The molecule has 82 valence electrons. The molecule has 0 aliphatic heterocycles. The molecule has 0 saturated heterocycles. The van der Waals surface area contributed by atoms with Crippen LogP contribution in [0.4, 0.5) is 5.69 Å². The lowest BCUT2D eigenvalue weighted by Gasteiger charge is -2.06. The molecule has 0 bridgehead atoms. The minimum absolute atomic E-state index is 0.334. The molecule has 0 atom stereocenters. The molecule has 0 spiro atoms. The maximum atomic E-state index is 5.75. The standard InChI is InChI=1S/C13H15N3/c1-9(2)13-15-7-6-12(16-13)10-4-3-5-11(14)8-10/h3-9H,14H2,1-2H3. The lowest BCUT2D eigenvalue weighted by molar-refractivity contribution is 0.776. The number of rotatable bonds is 2. The number of hydrogen-bond acceptors (Lipinski definition) is 3. The van der Waals surface area contributed by atoms with E-state index in [1.165, 1.54) is 0 Å². The van der Waals surface area contributed by atoms with E-state index in [4.69, 9.17) is 5.73 Å². The van der Waals surface area contributed by atoms with Crippen molar-refractivity contribution >= 4 is 5.69 Å². The van der Waals surface area contributed by atoms with E-state index in [1.807, 2.05) is 30.3 Å². The maximum absolute atomic E-state index is 5.75. The number of nitrogens with zero attached hydrogens (tertiary/aromatic N) is 2. The second-order valence-corrected chi connectivity index (χ2v) is 4.08. The zero-order valence-electron chi connectivity index (χ0n) is 9.51. The van der Waals surface area contributed by atoms with Crippen molar-refractivity contribution in [3.8, 4) is 11.3 Å². The third-order valence-electron chi connectivity index (χ3n) is 2.37. The summed E-state index contributed by atoms with van der Waals surface area (Å²) in [6, 6.07) is 9.63. The van der Waals surface area contributed by atoms with Gasteiger partial charge in [-0.3, -0.25) is 0 Å². The molecule has 0 unspecified atom stereocenters. The molecule has 3 nitrogen and oxygen atoms in total. The summed E-state index contributed by atoms with van der Waals surface area (Å²) in [7, 11) is 0. The topological polar surface area (TPSA) is 51.8 Å². The smallest absolute Gasteiger partial charge is 0.131 e. The summed E-state index contributed by atoms with van der Waals surface area (Å²) in [5.74, 6) is 1.20. The molecule has 0 amide bonds. The minimum atomic E-state index is 0.334. The predicted molar refractivity (Wildman–Crippen MR) is 66.0 cm³/mol. The van der Waals surface area contributed by atoms with Gasteiger partial charge in [0.05, 0.1) is 5.69 Å². The van der Waals surface area contributed by atoms with Crippen molar-refractivity contribution in [1.82, 2.24) is 9.97 Å². The highest BCUT2D eigenvalue weighted by atomic mass is 14.9. The fraction of sp³-hybridized carbons (Fsp3) is 0.231. The van der Waals surface area contributed by atoms with Crippen LogP contribution in [0.25, 0.3) is 11.3 Å². The molecule has 0 aliphatic carbocycles. The Morgan fingerprint density at radius 3 is 2.69 bits per heavy atom. The van der Waals surface area contributed by atoms with Gasteiger partial charge in [0.25, 0.3) is 0 Å². The van der Waals surface area contributed by atoms with Crippen LogP contribution < -0.4 is 5.73 Å². The number of aromatic nitrogens is 2. The lowest BCUT2D eigenvalue weighted by atomic mass is 10.1. The van der Waals surface area contributed by atoms with Gasteiger partial charge in [-0.1, -0.05) is 26.0 Å². The Balaban J connectivity index is 2.44. The molecule has 1 aromatic heterocycles. The predicted octanol–water partition coefficient (Wildman–Crippen LogP) is 2.85. The number of benzene rings is 1. The van der Waals surface area contributed by atoms with Crippen molar-refractivity contribution in [3.63, 3.8) is 0 Å². The summed E-state index contributed by atoms with van der Waals surface area (Å²) in [5, 5.41) is 0. The van der Waals surface area contributed by atoms with Gasteiger partial charge in [-0.2, -0.15) is 0 Å². The Kier molecular flexibility index (Phi) is 2.86.